The zero-order valence-corrected chi connectivity index (χ0v) is 10.0. The van der Waals surface area contributed by atoms with Gasteiger partial charge in [0.1, 0.15) is 11.0 Å². The number of nitrogens with two attached hydrogens (primary N) is 1. The van der Waals surface area contributed by atoms with E-state index in [1.165, 1.54) is 4.52 Å². The molecule has 3 aromatic rings. The molecule has 0 fully saturated rings. The van der Waals surface area contributed by atoms with E-state index in [0.717, 1.165) is 5.56 Å². The number of hydrogen-bond acceptors (Lipinski definition) is 5. The summed E-state index contributed by atoms with van der Waals surface area (Å²) < 4.78 is 1.47. The van der Waals surface area contributed by atoms with E-state index in [2.05, 4.69) is 20.1 Å². The van der Waals surface area contributed by atoms with Gasteiger partial charge in [-0.2, -0.15) is 14.5 Å². The molecule has 3 heterocycles. The average Bonchev–Trinajstić information content (AvgIpc) is 2.73. The lowest BCUT2D eigenvalue weighted by molar-refractivity contribution is 0.900. The molecular formula is C11H9ClN6. The van der Waals surface area contributed by atoms with Gasteiger partial charge in [0.2, 0.25) is 0 Å². The van der Waals surface area contributed by atoms with Gasteiger partial charge >= 0.3 is 0 Å². The Bertz CT molecular complexity index is 693. The first-order valence-electron chi connectivity index (χ1n) is 5.29. The van der Waals surface area contributed by atoms with Crippen LogP contribution in [-0.2, 0) is 6.42 Å². The number of anilines is 1. The lowest BCUT2D eigenvalue weighted by Gasteiger charge is -1.96. The van der Waals surface area contributed by atoms with E-state index in [0.29, 0.717) is 29.0 Å². The molecule has 0 unspecified atom stereocenters. The Morgan fingerprint density at radius 2 is 2.00 bits per heavy atom. The van der Waals surface area contributed by atoms with E-state index < -0.39 is 0 Å². The third-order valence-electron chi connectivity index (χ3n) is 2.46. The van der Waals surface area contributed by atoms with Crippen molar-refractivity contribution in [2.45, 2.75) is 6.42 Å². The topological polar surface area (TPSA) is 82.0 Å². The summed E-state index contributed by atoms with van der Waals surface area (Å²) in [5.41, 5.74) is 6.86. The van der Waals surface area contributed by atoms with Crippen molar-refractivity contribution in [3.63, 3.8) is 0 Å². The standard InChI is InChI=1S/C11H9ClN6/c12-8-6-9(13)18-11(15-8)16-10(17-18)5-7-1-3-14-4-2-7/h1-4,6H,5,13H2. The third-order valence-corrected chi connectivity index (χ3v) is 2.66. The highest BCUT2D eigenvalue weighted by molar-refractivity contribution is 6.29. The molecule has 18 heavy (non-hydrogen) atoms. The van der Waals surface area contributed by atoms with Crippen LogP contribution < -0.4 is 5.73 Å². The fourth-order valence-corrected chi connectivity index (χ4v) is 1.85. The van der Waals surface area contributed by atoms with Crippen LogP contribution in [0.15, 0.2) is 30.6 Å². The van der Waals surface area contributed by atoms with Gasteiger partial charge in [-0.15, -0.1) is 5.10 Å². The number of hydrogen-bond donors (Lipinski definition) is 1. The molecule has 0 amide bonds. The molecule has 0 atom stereocenters. The molecular weight excluding hydrogens is 252 g/mol. The van der Waals surface area contributed by atoms with Gasteiger partial charge in [-0.1, -0.05) is 11.6 Å². The number of nitrogen functional groups attached to an aromatic ring is 1. The molecule has 90 valence electrons. The Hall–Kier alpha value is -2.21. The van der Waals surface area contributed by atoms with Crippen molar-refractivity contribution in [1.29, 1.82) is 0 Å². The minimum absolute atomic E-state index is 0.308. The minimum Gasteiger partial charge on any atom is -0.383 e. The normalized spacial score (nSPS) is 10.9. The third kappa shape index (κ3) is 1.98. The summed E-state index contributed by atoms with van der Waals surface area (Å²) in [6.45, 7) is 0. The van der Waals surface area contributed by atoms with Gasteiger partial charge in [0.15, 0.2) is 5.82 Å². The van der Waals surface area contributed by atoms with E-state index in [1.807, 2.05) is 12.1 Å². The van der Waals surface area contributed by atoms with Crippen LogP contribution in [0, 0.1) is 0 Å². The van der Waals surface area contributed by atoms with Gasteiger partial charge < -0.3 is 5.73 Å². The molecule has 0 spiro atoms. The van der Waals surface area contributed by atoms with E-state index >= 15 is 0 Å². The molecule has 0 bridgehead atoms. The number of halogens is 1. The van der Waals surface area contributed by atoms with Crippen molar-refractivity contribution in [3.05, 3.63) is 47.1 Å². The van der Waals surface area contributed by atoms with Crippen LogP contribution in [0.25, 0.3) is 5.78 Å². The average molecular weight is 261 g/mol. The predicted octanol–water partition coefficient (Wildman–Crippen LogP) is 1.35. The summed E-state index contributed by atoms with van der Waals surface area (Å²) in [5, 5.41) is 4.60. The molecule has 3 rings (SSSR count). The molecule has 6 nitrogen and oxygen atoms in total. The monoisotopic (exact) mass is 260 g/mol. The quantitative estimate of drug-likeness (QED) is 0.703. The van der Waals surface area contributed by atoms with Crippen LogP contribution in [0.5, 0.6) is 0 Å². The summed E-state index contributed by atoms with van der Waals surface area (Å²) in [4.78, 5) is 12.3. The molecule has 0 aromatic carbocycles. The second kappa shape index (κ2) is 4.23. The van der Waals surface area contributed by atoms with Gasteiger partial charge in [0.05, 0.1) is 0 Å². The first-order chi connectivity index (χ1) is 8.72. The van der Waals surface area contributed by atoms with Crippen molar-refractivity contribution >= 4 is 23.2 Å². The van der Waals surface area contributed by atoms with Crippen molar-refractivity contribution < 1.29 is 0 Å². The number of fused-ring (bicyclic) bond motifs is 1. The maximum absolute atomic E-state index is 5.81. The molecule has 0 aliphatic rings. The van der Waals surface area contributed by atoms with Crippen molar-refractivity contribution in [2.75, 3.05) is 5.73 Å². The number of pyridine rings is 1. The Balaban J connectivity index is 2.01. The first-order valence-corrected chi connectivity index (χ1v) is 5.67. The summed E-state index contributed by atoms with van der Waals surface area (Å²) >= 11 is 5.81. The smallest absolute Gasteiger partial charge is 0.255 e. The largest absolute Gasteiger partial charge is 0.383 e. The Labute approximate surface area is 107 Å². The van der Waals surface area contributed by atoms with Crippen LogP contribution >= 0.6 is 11.6 Å². The Morgan fingerprint density at radius 1 is 1.22 bits per heavy atom. The van der Waals surface area contributed by atoms with Crippen LogP contribution in [-0.4, -0.2) is 24.6 Å². The molecule has 0 aliphatic carbocycles. The zero-order chi connectivity index (χ0) is 12.5. The highest BCUT2D eigenvalue weighted by atomic mass is 35.5. The minimum atomic E-state index is 0.308. The van der Waals surface area contributed by atoms with E-state index in [9.17, 15) is 0 Å². The van der Waals surface area contributed by atoms with Gasteiger partial charge in [-0.05, 0) is 17.7 Å². The Morgan fingerprint density at radius 3 is 2.78 bits per heavy atom. The van der Waals surface area contributed by atoms with Gasteiger partial charge in [-0.25, -0.2) is 0 Å². The second-order valence-corrected chi connectivity index (χ2v) is 4.16. The molecule has 0 saturated heterocycles. The SMILES string of the molecule is Nc1cc(Cl)nc2nc(Cc3ccncc3)nn12. The summed E-state index contributed by atoms with van der Waals surface area (Å²) in [6.07, 6.45) is 4.06. The highest BCUT2D eigenvalue weighted by Gasteiger charge is 2.09. The molecule has 0 radical (unpaired) electrons. The lowest BCUT2D eigenvalue weighted by Crippen LogP contribution is -2.00. The van der Waals surface area contributed by atoms with Gasteiger partial charge in [0, 0.05) is 24.9 Å². The van der Waals surface area contributed by atoms with Crippen LogP contribution in [0.3, 0.4) is 0 Å². The molecule has 0 aliphatic heterocycles. The molecule has 2 N–H and O–H groups in total. The summed E-state index contributed by atoms with van der Waals surface area (Å²) in [6, 6.07) is 5.37. The van der Waals surface area contributed by atoms with Crippen LogP contribution in [0.4, 0.5) is 5.82 Å². The van der Waals surface area contributed by atoms with Gasteiger partial charge in [0.25, 0.3) is 5.78 Å². The van der Waals surface area contributed by atoms with Gasteiger partial charge in [-0.3, -0.25) is 4.98 Å². The molecule has 7 heteroatoms. The Kier molecular flexibility index (Phi) is 2.56. The van der Waals surface area contributed by atoms with Crippen LogP contribution in [0.2, 0.25) is 5.15 Å². The van der Waals surface area contributed by atoms with Crippen LogP contribution in [0.1, 0.15) is 11.4 Å². The van der Waals surface area contributed by atoms with E-state index in [-0.39, 0.29) is 0 Å². The maximum Gasteiger partial charge on any atom is 0.255 e. The van der Waals surface area contributed by atoms with E-state index in [4.69, 9.17) is 17.3 Å². The number of rotatable bonds is 2. The number of nitrogens with zero attached hydrogens (tertiary/aromatic N) is 5. The van der Waals surface area contributed by atoms with Crippen molar-refractivity contribution in [3.8, 4) is 0 Å². The van der Waals surface area contributed by atoms with Crippen molar-refractivity contribution in [1.82, 2.24) is 24.6 Å². The van der Waals surface area contributed by atoms with Crippen molar-refractivity contribution in [2.24, 2.45) is 0 Å². The van der Waals surface area contributed by atoms with E-state index in [1.54, 1.807) is 18.5 Å². The number of aromatic nitrogens is 5. The summed E-state index contributed by atoms with van der Waals surface area (Å²) in [5.74, 6) is 1.46. The maximum atomic E-state index is 5.81. The second-order valence-electron chi connectivity index (χ2n) is 3.78. The summed E-state index contributed by atoms with van der Waals surface area (Å²) in [7, 11) is 0. The predicted molar refractivity (Wildman–Crippen MR) is 67.2 cm³/mol. The first kappa shape index (κ1) is 10.9. The molecule has 0 saturated carbocycles. The highest BCUT2D eigenvalue weighted by Crippen LogP contribution is 2.13. The fourth-order valence-electron chi connectivity index (χ4n) is 1.66. The fraction of sp³-hybridized carbons (Fsp3) is 0.0909. The lowest BCUT2D eigenvalue weighted by atomic mass is 10.2. The zero-order valence-electron chi connectivity index (χ0n) is 9.29. The molecule has 3 aromatic heterocycles.